The molecule has 1 atom stereocenters. The van der Waals surface area contributed by atoms with Crippen LogP contribution in [0.3, 0.4) is 0 Å². The van der Waals surface area contributed by atoms with E-state index >= 15 is 0 Å². The van der Waals surface area contributed by atoms with Crippen molar-refractivity contribution in [2.45, 2.75) is 26.2 Å². The Kier molecular flexibility index (Phi) is 2.49. The highest BCUT2D eigenvalue weighted by Gasteiger charge is 2.39. The first-order valence-electron chi connectivity index (χ1n) is 4.23. The van der Waals surface area contributed by atoms with Gasteiger partial charge in [-0.05, 0) is 12.8 Å². The average molecular weight is 156 g/mol. The van der Waals surface area contributed by atoms with Crippen LogP contribution in [-0.4, -0.2) is 19.0 Å². The van der Waals surface area contributed by atoms with Gasteiger partial charge in [0.25, 0.3) is 0 Å². The third kappa shape index (κ3) is 1.38. The van der Waals surface area contributed by atoms with E-state index in [1.807, 2.05) is 0 Å². The Labute approximate surface area is 67.3 Å². The topological polar surface area (TPSA) is 55.1 Å². The fourth-order valence-electron chi connectivity index (χ4n) is 1.73. The van der Waals surface area contributed by atoms with E-state index in [-0.39, 0.29) is 11.3 Å². The van der Waals surface area contributed by atoms with Gasteiger partial charge in [-0.3, -0.25) is 4.79 Å². The van der Waals surface area contributed by atoms with E-state index in [0.29, 0.717) is 6.54 Å². The fourth-order valence-corrected chi connectivity index (χ4v) is 1.73. The zero-order chi connectivity index (χ0) is 8.32. The molecule has 1 amide bonds. The Morgan fingerprint density at radius 3 is 2.82 bits per heavy atom. The first-order valence-corrected chi connectivity index (χ1v) is 4.23. The van der Waals surface area contributed by atoms with Crippen LogP contribution < -0.4 is 11.1 Å². The van der Waals surface area contributed by atoms with E-state index in [2.05, 4.69) is 12.2 Å². The molecular weight excluding hydrogens is 140 g/mol. The molecule has 3 heteroatoms. The lowest BCUT2D eigenvalue weighted by Crippen LogP contribution is -2.37. The minimum Gasteiger partial charge on any atom is -0.356 e. The van der Waals surface area contributed by atoms with Crippen molar-refractivity contribution in [1.82, 2.24) is 5.32 Å². The van der Waals surface area contributed by atoms with Crippen LogP contribution in [0.2, 0.25) is 0 Å². The third-order valence-corrected chi connectivity index (χ3v) is 2.49. The standard InChI is InChI=1S/C8H16N2O/c1-2-3-8(6-9)4-5-10-7(8)11/h2-6,9H2,1H3,(H,10,11)/t8-/m1/s1. The molecule has 0 unspecified atom stereocenters. The minimum absolute atomic E-state index is 0.154. The molecule has 0 radical (unpaired) electrons. The fraction of sp³-hybridized carbons (Fsp3) is 0.875. The lowest BCUT2D eigenvalue weighted by Gasteiger charge is -2.22. The van der Waals surface area contributed by atoms with E-state index in [1.54, 1.807) is 0 Å². The second-order valence-corrected chi connectivity index (χ2v) is 3.24. The third-order valence-electron chi connectivity index (χ3n) is 2.49. The molecule has 1 rings (SSSR count). The molecule has 0 spiro atoms. The molecule has 1 aliphatic heterocycles. The lowest BCUT2D eigenvalue weighted by molar-refractivity contribution is -0.127. The molecule has 11 heavy (non-hydrogen) atoms. The minimum atomic E-state index is -0.227. The molecule has 3 nitrogen and oxygen atoms in total. The lowest BCUT2D eigenvalue weighted by atomic mass is 9.82. The van der Waals surface area contributed by atoms with E-state index < -0.39 is 0 Å². The van der Waals surface area contributed by atoms with Crippen LogP contribution in [0.5, 0.6) is 0 Å². The van der Waals surface area contributed by atoms with Crippen LogP contribution in [0.15, 0.2) is 0 Å². The number of carbonyl (C=O) groups excluding carboxylic acids is 1. The first-order chi connectivity index (χ1) is 5.25. The van der Waals surface area contributed by atoms with E-state index in [4.69, 9.17) is 5.73 Å². The molecule has 0 bridgehead atoms. The van der Waals surface area contributed by atoms with Crippen molar-refractivity contribution in [3.05, 3.63) is 0 Å². The summed E-state index contributed by atoms with van der Waals surface area (Å²) in [7, 11) is 0. The highest BCUT2D eigenvalue weighted by Crippen LogP contribution is 2.30. The smallest absolute Gasteiger partial charge is 0.227 e. The molecule has 1 heterocycles. The van der Waals surface area contributed by atoms with Crippen molar-refractivity contribution < 1.29 is 4.79 Å². The van der Waals surface area contributed by atoms with Crippen molar-refractivity contribution in [3.63, 3.8) is 0 Å². The van der Waals surface area contributed by atoms with Crippen LogP contribution in [0, 0.1) is 5.41 Å². The summed E-state index contributed by atoms with van der Waals surface area (Å²) in [6.45, 7) is 3.38. The van der Waals surface area contributed by atoms with Gasteiger partial charge in [0, 0.05) is 13.1 Å². The zero-order valence-corrected chi connectivity index (χ0v) is 7.02. The number of amides is 1. The van der Waals surface area contributed by atoms with Crippen molar-refractivity contribution in [2.24, 2.45) is 11.1 Å². The Morgan fingerprint density at radius 2 is 2.45 bits per heavy atom. The molecule has 0 aliphatic carbocycles. The molecule has 64 valence electrons. The second-order valence-electron chi connectivity index (χ2n) is 3.24. The molecule has 1 aliphatic rings. The summed E-state index contributed by atoms with van der Waals surface area (Å²) in [5.74, 6) is 0.154. The van der Waals surface area contributed by atoms with Crippen molar-refractivity contribution in [1.29, 1.82) is 0 Å². The van der Waals surface area contributed by atoms with Crippen molar-refractivity contribution in [3.8, 4) is 0 Å². The average Bonchev–Trinajstić information content (AvgIpc) is 2.35. The van der Waals surface area contributed by atoms with Gasteiger partial charge in [-0.1, -0.05) is 13.3 Å². The van der Waals surface area contributed by atoms with E-state index in [0.717, 1.165) is 25.8 Å². The summed E-state index contributed by atoms with van der Waals surface area (Å²) in [5.41, 5.74) is 5.36. The van der Waals surface area contributed by atoms with Crippen LogP contribution in [0.1, 0.15) is 26.2 Å². The van der Waals surface area contributed by atoms with Crippen LogP contribution in [-0.2, 0) is 4.79 Å². The second kappa shape index (κ2) is 3.22. The SMILES string of the molecule is CCC[C@]1(CN)CCNC1=O. The maximum Gasteiger partial charge on any atom is 0.227 e. The van der Waals surface area contributed by atoms with Crippen LogP contribution in [0.4, 0.5) is 0 Å². The Hall–Kier alpha value is -0.570. The quantitative estimate of drug-likeness (QED) is 0.615. The van der Waals surface area contributed by atoms with Crippen LogP contribution in [0.25, 0.3) is 0 Å². The summed E-state index contributed by atoms with van der Waals surface area (Å²) in [5, 5.41) is 2.83. The highest BCUT2D eigenvalue weighted by molar-refractivity contribution is 5.84. The normalized spacial score (nSPS) is 30.5. The molecule has 3 N–H and O–H groups in total. The maximum absolute atomic E-state index is 11.3. The van der Waals surface area contributed by atoms with Gasteiger partial charge in [0.15, 0.2) is 0 Å². The molecule has 1 fully saturated rings. The molecule has 0 aromatic heterocycles. The molecule has 1 saturated heterocycles. The van der Waals surface area contributed by atoms with Gasteiger partial charge in [0.05, 0.1) is 5.41 Å². The first kappa shape index (κ1) is 8.53. The largest absolute Gasteiger partial charge is 0.356 e. The van der Waals surface area contributed by atoms with Gasteiger partial charge in [-0.2, -0.15) is 0 Å². The van der Waals surface area contributed by atoms with Crippen molar-refractivity contribution in [2.75, 3.05) is 13.1 Å². The van der Waals surface area contributed by atoms with E-state index in [9.17, 15) is 4.79 Å². The predicted octanol–water partition coefficient (Wildman–Crippen LogP) is 0.251. The van der Waals surface area contributed by atoms with Crippen molar-refractivity contribution >= 4 is 5.91 Å². The molecule has 0 aromatic rings. The summed E-state index contributed by atoms with van der Waals surface area (Å²) in [4.78, 5) is 11.3. The molecular formula is C8H16N2O. The van der Waals surface area contributed by atoms with Crippen LogP contribution >= 0.6 is 0 Å². The van der Waals surface area contributed by atoms with Gasteiger partial charge < -0.3 is 11.1 Å². The number of rotatable bonds is 3. The number of carbonyl (C=O) groups is 1. The number of nitrogens with two attached hydrogens (primary N) is 1. The highest BCUT2D eigenvalue weighted by atomic mass is 16.2. The summed E-state index contributed by atoms with van der Waals surface area (Å²) < 4.78 is 0. The van der Waals surface area contributed by atoms with Gasteiger partial charge in [0.2, 0.25) is 5.91 Å². The summed E-state index contributed by atoms with van der Waals surface area (Å²) >= 11 is 0. The van der Waals surface area contributed by atoms with Gasteiger partial charge in [0.1, 0.15) is 0 Å². The monoisotopic (exact) mass is 156 g/mol. The number of hydrogen-bond donors (Lipinski definition) is 2. The van der Waals surface area contributed by atoms with E-state index in [1.165, 1.54) is 0 Å². The zero-order valence-electron chi connectivity index (χ0n) is 7.02. The summed E-state index contributed by atoms with van der Waals surface area (Å²) in [6.07, 6.45) is 2.87. The maximum atomic E-state index is 11.3. The Bertz CT molecular complexity index is 158. The molecule has 0 aromatic carbocycles. The van der Waals surface area contributed by atoms with Gasteiger partial charge >= 0.3 is 0 Å². The molecule has 0 saturated carbocycles. The Balaban J connectivity index is 2.65. The summed E-state index contributed by atoms with van der Waals surface area (Å²) in [6, 6.07) is 0. The number of hydrogen-bond acceptors (Lipinski definition) is 2. The predicted molar refractivity (Wildman–Crippen MR) is 44.0 cm³/mol. The Morgan fingerprint density at radius 1 is 1.73 bits per heavy atom. The van der Waals surface area contributed by atoms with Gasteiger partial charge in [-0.25, -0.2) is 0 Å². The number of nitrogens with one attached hydrogen (secondary N) is 1. The van der Waals surface area contributed by atoms with Gasteiger partial charge in [-0.15, -0.1) is 0 Å².